The Hall–Kier alpha value is -2.47. The summed E-state index contributed by atoms with van der Waals surface area (Å²) < 4.78 is 7.10. The quantitative estimate of drug-likeness (QED) is 0.776. The van der Waals surface area contributed by atoms with Crippen molar-refractivity contribution >= 4 is 35.6 Å². The van der Waals surface area contributed by atoms with E-state index in [0.29, 0.717) is 23.2 Å². The standard InChI is InChI=1S/C18H19ClN3O3/c1-4-25-15-11(2)9-20-16-14(15)17(23)22(18(24)21(16)3)10-12-6-5-7-13(19)8-12/h5-9,14H,4,10H2,1-3H3/q+1. The smallest absolute Gasteiger partial charge is 0.445 e. The van der Waals surface area contributed by atoms with Gasteiger partial charge in [0.25, 0.3) is 5.84 Å². The summed E-state index contributed by atoms with van der Waals surface area (Å²) in [6.45, 7) is 4.28. The van der Waals surface area contributed by atoms with Crippen molar-refractivity contribution in [1.29, 1.82) is 0 Å². The fraction of sp³-hybridized carbons (Fsp3) is 0.333. The summed E-state index contributed by atoms with van der Waals surface area (Å²) in [5.41, 5.74) is 1.57. The lowest BCUT2D eigenvalue weighted by Gasteiger charge is -2.29. The van der Waals surface area contributed by atoms with Crippen LogP contribution in [0.3, 0.4) is 0 Å². The van der Waals surface area contributed by atoms with Crippen molar-refractivity contribution in [3.8, 4) is 0 Å². The van der Waals surface area contributed by atoms with E-state index in [4.69, 9.17) is 16.3 Å². The van der Waals surface area contributed by atoms with Crippen LogP contribution in [0.5, 0.6) is 0 Å². The van der Waals surface area contributed by atoms with Gasteiger partial charge >= 0.3 is 11.9 Å². The first kappa shape index (κ1) is 17.4. The third-order valence-electron chi connectivity index (χ3n) is 4.20. The van der Waals surface area contributed by atoms with Crippen LogP contribution in [0.25, 0.3) is 0 Å². The minimum absolute atomic E-state index is 0.147. The molecule has 7 heteroatoms. The summed E-state index contributed by atoms with van der Waals surface area (Å²) in [5.74, 6) is -0.0936. The predicted octanol–water partition coefficient (Wildman–Crippen LogP) is 2.85. The second kappa shape index (κ2) is 6.80. The highest BCUT2D eigenvalue weighted by Crippen LogP contribution is 2.29. The molecule has 25 heavy (non-hydrogen) atoms. The number of ether oxygens (including phenoxy) is 1. The van der Waals surface area contributed by atoms with E-state index in [1.807, 2.05) is 19.9 Å². The second-order valence-corrected chi connectivity index (χ2v) is 6.36. The molecule has 0 radical (unpaired) electrons. The van der Waals surface area contributed by atoms with E-state index >= 15 is 0 Å². The van der Waals surface area contributed by atoms with Crippen LogP contribution in [-0.2, 0) is 16.1 Å². The van der Waals surface area contributed by atoms with Crippen molar-refractivity contribution in [3.05, 3.63) is 46.2 Å². The molecule has 3 rings (SSSR count). The molecule has 0 N–H and O–H groups in total. The van der Waals surface area contributed by atoms with Gasteiger partial charge in [-0.05, 0) is 31.5 Å². The zero-order chi connectivity index (χ0) is 18.1. The number of amidine groups is 1. The molecule has 0 bridgehead atoms. The first-order chi connectivity index (χ1) is 11.9. The zero-order valence-corrected chi connectivity index (χ0v) is 15.1. The van der Waals surface area contributed by atoms with Crippen LogP contribution in [-0.4, -0.2) is 47.1 Å². The van der Waals surface area contributed by atoms with Crippen molar-refractivity contribution in [2.75, 3.05) is 13.7 Å². The molecule has 0 fully saturated rings. The lowest BCUT2D eigenvalue weighted by Crippen LogP contribution is -2.54. The Morgan fingerprint density at radius 3 is 2.80 bits per heavy atom. The second-order valence-electron chi connectivity index (χ2n) is 5.93. The number of rotatable bonds is 4. The lowest BCUT2D eigenvalue weighted by molar-refractivity contribution is -0.409. The highest BCUT2D eigenvalue weighted by molar-refractivity contribution is 6.30. The first-order valence-electron chi connectivity index (χ1n) is 8.02. The molecule has 0 saturated carbocycles. The van der Waals surface area contributed by atoms with Crippen molar-refractivity contribution in [1.82, 2.24) is 4.90 Å². The Morgan fingerprint density at radius 1 is 1.36 bits per heavy atom. The fourth-order valence-electron chi connectivity index (χ4n) is 2.99. The van der Waals surface area contributed by atoms with Gasteiger partial charge in [0.05, 0.1) is 13.7 Å². The van der Waals surface area contributed by atoms with Crippen LogP contribution in [0.4, 0.5) is 4.79 Å². The van der Waals surface area contributed by atoms with Gasteiger partial charge in [0, 0.05) is 10.6 Å². The van der Waals surface area contributed by atoms with Gasteiger partial charge in [-0.3, -0.25) is 4.79 Å². The third-order valence-corrected chi connectivity index (χ3v) is 4.44. The molecule has 1 atom stereocenters. The van der Waals surface area contributed by atoms with Gasteiger partial charge in [0.15, 0.2) is 5.92 Å². The molecular weight excluding hydrogens is 342 g/mol. The number of carbonyl (C=O) groups is 2. The maximum absolute atomic E-state index is 13.1. The topological polar surface area (TPSA) is 62.0 Å². The molecule has 0 saturated heterocycles. The molecule has 0 aliphatic carbocycles. The molecule has 0 spiro atoms. The van der Waals surface area contributed by atoms with Crippen molar-refractivity contribution < 1.29 is 18.9 Å². The van der Waals surface area contributed by atoms with Gasteiger partial charge in [0.2, 0.25) is 0 Å². The van der Waals surface area contributed by atoms with Gasteiger partial charge < -0.3 is 4.74 Å². The Labute approximate surface area is 151 Å². The number of allylic oxidation sites excluding steroid dienone is 1. The molecule has 130 valence electrons. The van der Waals surface area contributed by atoms with Gasteiger partial charge in [-0.15, -0.1) is 4.99 Å². The average molecular weight is 361 g/mol. The molecule has 2 heterocycles. The minimum Gasteiger partial charge on any atom is -0.496 e. The zero-order valence-electron chi connectivity index (χ0n) is 14.3. The normalized spacial score (nSPS) is 20.3. The van der Waals surface area contributed by atoms with Gasteiger partial charge in [-0.25, -0.2) is 4.79 Å². The van der Waals surface area contributed by atoms with Crippen molar-refractivity contribution in [2.45, 2.75) is 20.4 Å². The molecule has 1 aromatic carbocycles. The first-order valence-corrected chi connectivity index (χ1v) is 8.39. The van der Waals surface area contributed by atoms with E-state index < -0.39 is 11.9 Å². The SMILES string of the molecule is CCOC1=C(C)C=NC2=[N+](C)C(=O)N(Cc3cccc(Cl)c3)C(=O)C12. The Morgan fingerprint density at radius 2 is 2.12 bits per heavy atom. The Bertz CT molecular complexity index is 842. The number of hydrogen-bond acceptors (Lipinski definition) is 4. The molecule has 2 aliphatic rings. The largest absolute Gasteiger partial charge is 0.496 e. The molecule has 6 nitrogen and oxygen atoms in total. The van der Waals surface area contributed by atoms with Crippen LogP contribution in [0.15, 0.2) is 40.6 Å². The van der Waals surface area contributed by atoms with E-state index in [0.717, 1.165) is 11.1 Å². The van der Waals surface area contributed by atoms with E-state index in [1.54, 1.807) is 31.5 Å². The minimum atomic E-state index is -0.702. The van der Waals surface area contributed by atoms with E-state index in [1.165, 1.54) is 9.48 Å². The number of amides is 3. The fourth-order valence-corrected chi connectivity index (χ4v) is 3.21. The molecule has 0 aromatic heterocycles. The van der Waals surface area contributed by atoms with Gasteiger partial charge in [-0.1, -0.05) is 23.7 Å². The summed E-state index contributed by atoms with van der Waals surface area (Å²) in [6, 6.07) is 6.69. The van der Waals surface area contributed by atoms with E-state index in [-0.39, 0.29) is 12.5 Å². The molecule has 1 aromatic rings. The number of halogens is 1. The van der Waals surface area contributed by atoms with E-state index in [9.17, 15) is 9.59 Å². The summed E-state index contributed by atoms with van der Waals surface area (Å²) in [7, 11) is 1.61. The summed E-state index contributed by atoms with van der Waals surface area (Å²) in [4.78, 5) is 31.3. The summed E-state index contributed by atoms with van der Waals surface area (Å²) in [6.07, 6.45) is 1.63. The van der Waals surface area contributed by atoms with Crippen molar-refractivity contribution in [2.24, 2.45) is 10.9 Å². The maximum Gasteiger partial charge on any atom is 0.445 e. The molecule has 2 aliphatic heterocycles. The van der Waals surface area contributed by atoms with Gasteiger partial charge in [-0.2, -0.15) is 9.48 Å². The third kappa shape index (κ3) is 3.09. The maximum atomic E-state index is 13.1. The number of aliphatic imine (C=N–C) groups is 1. The van der Waals surface area contributed by atoms with Crippen LogP contribution >= 0.6 is 11.6 Å². The molecule has 1 unspecified atom stereocenters. The van der Waals surface area contributed by atoms with Crippen LogP contribution in [0.1, 0.15) is 19.4 Å². The number of imide groups is 1. The average Bonchev–Trinajstić information content (AvgIpc) is 2.58. The van der Waals surface area contributed by atoms with Crippen molar-refractivity contribution in [3.63, 3.8) is 0 Å². The molecular formula is C18H19ClN3O3+. The van der Waals surface area contributed by atoms with Crippen LogP contribution in [0, 0.1) is 5.92 Å². The van der Waals surface area contributed by atoms with Crippen LogP contribution in [0.2, 0.25) is 5.02 Å². The van der Waals surface area contributed by atoms with E-state index in [2.05, 4.69) is 4.99 Å². The number of carbonyl (C=O) groups excluding carboxylic acids is 2. The summed E-state index contributed by atoms with van der Waals surface area (Å²) in [5, 5.41) is 0.558. The lowest BCUT2D eigenvalue weighted by atomic mass is 9.96. The predicted molar refractivity (Wildman–Crippen MR) is 94.9 cm³/mol. The number of dihydropyridines is 1. The number of hydrogen-bond donors (Lipinski definition) is 0. The number of urea groups is 1. The summed E-state index contributed by atoms with van der Waals surface area (Å²) >= 11 is 6.01. The van der Waals surface area contributed by atoms with Gasteiger partial charge in [0.1, 0.15) is 18.5 Å². The number of benzene rings is 1. The molecule has 3 amide bonds. The highest BCUT2D eigenvalue weighted by atomic mass is 35.5. The number of fused-ring (bicyclic) bond motifs is 1. The van der Waals surface area contributed by atoms with Crippen LogP contribution < -0.4 is 0 Å². The Kier molecular flexibility index (Phi) is 4.72. The highest BCUT2D eigenvalue weighted by Gasteiger charge is 2.50. The Balaban J connectivity index is 2.01. The monoisotopic (exact) mass is 360 g/mol. The number of nitrogens with zero attached hydrogens (tertiary/aromatic N) is 3.